The number of hydrogen-bond acceptors (Lipinski definition) is 2. The van der Waals surface area contributed by atoms with Crippen molar-refractivity contribution in [1.82, 2.24) is 10.2 Å². The van der Waals surface area contributed by atoms with Gasteiger partial charge in [0.2, 0.25) is 0 Å². The molecule has 0 bridgehead atoms. The van der Waals surface area contributed by atoms with E-state index in [2.05, 4.69) is 19.2 Å². The van der Waals surface area contributed by atoms with Crippen molar-refractivity contribution in [3.63, 3.8) is 0 Å². The number of nitrogens with one attached hydrogen (secondary N) is 1. The Bertz CT molecular complexity index is 304. The van der Waals surface area contributed by atoms with Gasteiger partial charge in [0, 0.05) is 19.6 Å². The average molecular weight is 296 g/mol. The second-order valence-corrected chi connectivity index (χ2v) is 7.07. The monoisotopic (exact) mass is 296 g/mol. The highest BCUT2D eigenvalue weighted by atomic mass is 16.5. The number of amides is 2. The molecule has 4 heteroatoms. The van der Waals surface area contributed by atoms with Crippen molar-refractivity contribution in [3.8, 4) is 0 Å². The van der Waals surface area contributed by atoms with Gasteiger partial charge >= 0.3 is 6.03 Å². The number of hydrogen-bond donors (Lipinski definition) is 1. The zero-order chi connectivity index (χ0) is 15.1. The van der Waals surface area contributed by atoms with E-state index < -0.39 is 0 Å². The summed E-state index contributed by atoms with van der Waals surface area (Å²) >= 11 is 0. The highest BCUT2D eigenvalue weighted by molar-refractivity contribution is 5.74. The van der Waals surface area contributed by atoms with Crippen LogP contribution < -0.4 is 5.32 Å². The third-order valence-corrected chi connectivity index (χ3v) is 4.69. The van der Waals surface area contributed by atoms with Crippen molar-refractivity contribution in [2.75, 3.05) is 26.2 Å². The Balaban J connectivity index is 1.60. The molecule has 2 rings (SSSR count). The average Bonchev–Trinajstić information content (AvgIpc) is 2.71. The first kappa shape index (κ1) is 16.6. The first-order valence-corrected chi connectivity index (χ1v) is 8.79. The van der Waals surface area contributed by atoms with Gasteiger partial charge in [0.1, 0.15) is 0 Å². The second kappa shape index (κ2) is 8.62. The quantitative estimate of drug-likeness (QED) is 0.638. The van der Waals surface area contributed by atoms with Gasteiger partial charge in [-0.05, 0) is 31.1 Å². The summed E-state index contributed by atoms with van der Waals surface area (Å²) in [6.45, 7) is 7.51. The van der Waals surface area contributed by atoms with Gasteiger partial charge in [-0.2, -0.15) is 0 Å². The minimum absolute atomic E-state index is 0.0814. The van der Waals surface area contributed by atoms with E-state index in [4.69, 9.17) is 4.74 Å². The fourth-order valence-electron chi connectivity index (χ4n) is 3.73. The fourth-order valence-corrected chi connectivity index (χ4v) is 3.73. The van der Waals surface area contributed by atoms with Crippen LogP contribution >= 0.6 is 0 Å². The normalized spacial score (nSPS) is 28.2. The molecule has 2 aliphatic rings. The molecule has 21 heavy (non-hydrogen) atoms. The summed E-state index contributed by atoms with van der Waals surface area (Å²) in [5, 5.41) is 3.01. The van der Waals surface area contributed by atoms with Crippen LogP contribution in [0.1, 0.15) is 58.8 Å². The predicted octanol–water partition coefficient (Wildman–Crippen LogP) is 3.41. The lowest BCUT2D eigenvalue weighted by molar-refractivity contribution is 0.0450. The summed E-state index contributed by atoms with van der Waals surface area (Å²) in [6.07, 6.45) is 9.31. The number of likely N-dealkylation sites (tertiary alicyclic amines) is 1. The van der Waals surface area contributed by atoms with Crippen LogP contribution in [0.15, 0.2) is 0 Å². The third kappa shape index (κ3) is 5.85. The number of rotatable bonds is 4. The Hall–Kier alpha value is -0.770. The molecule has 0 aromatic rings. The Labute approximate surface area is 129 Å². The van der Waals surface area contributed by atoms with E-state index in [-0.39, 0.29) is 6.03 Å². The first-order chi connectivity index (χ1) is 10.1. The summed E-state index contributed by atoms with van der Waals surface area (Å²) in [6, 6.07) is 0.0814. The van der Waals surface area contributed by atoms with E-state index in [9.17, 15) is 4.79 Å². The van der Waals surface area contributed by atoms with Gasteiger partial charge in [-0.25, -0.2) is 4.79 Å². The van der Waals surface area contributed by atoms with Gasteiger partial charge in [0.25, 0.3) is 0 Å². The van der Waals surface area contributed by atoms with E-state index in [0.29, 0.717) is 31.1 Å². The topological polar surface area (TPSA) is 41.6 Å². The summed E-state index contributed by atoms with van der Waals surface area (Å²) in [5.74, 6) is 1.23. The fraction of sp³-hybridized carbons (Fsp3) is 0.941. The lowest BCUT2D eigenvalue weighted by atomic mass is 9.92. The SMILES string of the molecule is CC1CC(C)CN(C(=O)NCCOC2CCCCCC2)C1. The van der Waals surface area contributed by atoms with Gasteiger partial charge in [-0.3, -0.25) is 0 Å². The van der Waals surface area contributed by atoms with E-state index >= 15 is 0 Å². The zero-order valence-electron chi connectivity index (χ0n) is 13.8. The molecule has 1 N–H and O–H groups in total. The molecule has 2 amide bonds. The minimum Gasteiger partial charge on any atom is -0.376 e. The van der Waals surface area contributed by atoms with E-state index in [1.165, 1.54) is 44.9 Å². The number of nitrogens with zero attached hydrogens (tertiary/aromatic N) is 1. The molecule has 0 aromatic heterocycles. The van der Waals surface area contributed by atoms with Crippen LogP contribution in [0.4, 0.5) is 4.79 Å². The Morgan fingerprint density at radius 2 is 1.71 bits per heavy atom. The molecule has 2 unspecified atom stereocenters. The van der Waals surface area contributed by atoms with Crippen molar-refractivity contribution >= 4 is 6.03 Å². The Morgan fingerprint density at radius 3 is 2.33 bits per heavy atom. The highest BCUT2D eigenvalue weighted by Gasteiger charge is 2.25. The van der Waals surface area contributed by atoms with Crippen LogP contribution in [0.2, 0.25) is 0 Å². The first-order valence-electron chi connectivity index (χ1n) is 8.79. The lowest BCUT2D eigenvalue weighted by Crippen LogP contribution is -2.48. The maximum Gasteiger partial charge on any atom is 0.317 e. The number of ether oxygens (including phenoxy) is 1. The van der Waals surface area contributed by atoms with Crippen LogP contribution in [-0.4, -0.2) is 43.3 Å². The van der Waals surface area contributed by atoms with Crippen LogP contribution in [0.3, 0.4) is 0 Å². The Morgan fingerprint density at radius 1 is 1.10 bits per heavy atom. The molecule has 2 atom stereocenters. The van der Waals surface area contributed by atoms with Gasteiger partial charge in [-0.15, -0.1) is 0 Å². The van der Waals surface area contributed by atoms with Crippen LogP contribution in [0.25, 0.3) is 0 Å². The van der Waals surface area contributed by atoms with Crippen molar-refractivity contribution in [2.24, 2.45) is 11.8 Å². The molecule has 2 fully saturated rings. The van der Waals surface area contributed by atoms with Crippen molar-refractivity contribution in [3.05, 3.63) is 0 Å². The lowest BCUT2D eigenvalue weighted by Gasteiger charge is -2.35. The molecular formula is C17H32N2O2. The summed E-state index contributed by atoms with van der Waals surface area (Å²) < 4.78 is 5.91. The molecule has 1 heterocycles. The van der Waals surface area contributed by atoms with Crippen LogP contribution in [-0.2, 0) is 4.74 Å². The van der Waals surface area contributed by atoms with Crippen molar-refractivity contribution in [2.45, 2.75) is 64.9 Å². The maximum absolute atomic E-state index is 12.2. The molecule has 1 saturated carbocycles. The summed E-state index contributed by atoms with van der Waals surface area (Å²) in [4.78, 5) is 14.1. The molecule has 1 saturated heterocycles. The molecule has 0 spiro atoms. The molecule has 0 radical (unpaired) electrons. The van der Waals surface area contributed by atoms with E-state index in [0.717, 1.165) is 13.1 Å². The van der Waals surface area contributed by atoms with Crippen LogP contribution in [0.5, 0.6) is 0 Å². The van der Waals surface area contributed by atoms with Crippen LogP contribution in [0, 0.1) is 11.8 Å². The van der Waals surface area contributed by atoms with E-state index in [1.807, 2.05) is 4.90 Å². The molecule has 0 aromatic carbocycles. The van der Waals surface area contributed by atoms with Crippen molar-refractivity contribution in [1.29, 1.82) is 0 Å². The number of carbonyl (C=O) groups is 1. The summed E-state index contributed by atoms with van der Waals surface area (Å²) in [5.41, 5.74) is 0. The molecule has 1 aliphatic carbocycles. The van der Waals surface area contributed by atoms with Gasteiger partial charge in [-0.1, -0.05) is 39.5 Å². The van der Waals surface area contributed by atoms with E-state index in [1.54, 1.807) is 0 Å². The smallest absolute Gasteiger partial charge is 0.317 e. The summed E-state index contributed by atoms with van der Waals surface area (Å²) in [7, 11) is 0. The minimum atomic E-state index is 0.0814. The van der Waals surface area contributed by atoms with Crippen molar-refractivity contribution < 1.29 is 9.53 Å². The Kier molecular flexibility index (Phi) is 6.81. The number of carbonyl (C=O) groups excluding carboxylic acids is 1. The van der Waals surface area contributed by atoms with Gasteiger partial charge < -0.3 is 15.0 Å². The maximum atomic E-state index is 12.2. The molecule has 122 valence electrons. The van der Waals surface area contributed by atoms with Gasteiger partial charge in [0.05, 0.1) is 12.7 Å². The van der Waals surface area contributed by atoms with Gasteiger partial charge in [0.15, 0.2) is 0 Å². The second-order valence-electron chi connectivity index (χ2n) is 7.07. The predicted molar refractivity (Wildman–Crippen MR) is 85.4 cm³/mol. The third-order valence-electron chi connectivity index (χ3n) is 4.69. The molecule has 4 nitrogen and oxygen atoms in total. The standard InChI is InChI=1S/C17H32N2O2/c1-14-11-15(2)13-19(12-14)17(20)18-9-10-21-16-7-5-3-4-6-8-16/h14-16H,3-13H2,1-2H3,(H,18,20). The number of piperidine rings is 1. The highest BCUT2D eigenvalue weighted by Crippen LogP contribution is 2.21. The number of urea groups is 1. The largest absolute Gasteiger partial charge is 0.376 e. The molecule has 1 aliphatic heterocycles. The molecular weight excluding hydrogens is 264 g/mol. The zero-order valence-corrected chi connectivity index (χ0v) is 13.8.